The minimum Gasteiger partial charge on any atom is -0.445 e. The predicted molar refractivity (Wildman–Crippen MR) is 71.3 cm³/mol. The van der Waals surface area contributed by atoms with E-state index in [1.165, 1.54) is 4.90 Å². The van der Waals surface area contributed by atoms with Crippen LogP contribution in [0.2, 0.25) is 0 Å². The number of amides is 1. The number of ether oxygens (including phenoxy) is 1. The SMILES string of the molecule is CC(C)(C)OC(=O)N1C2CC/C(=C/[B-](F)(F)F)C1CC2.[K+]. The fourth-order valence-corrected chi connectivity index (χ4v) is 3.06. The van der Waals surface area contributed by atoms with Crippen LogP contribution in [0.5, 0.6) is 0 Å². The minimum atomic E-state index is -4.96. The van der Waals surface area contributed by atoms with Crippen molar-refractivity contribution in [3.8, 4) is 0 Å². The molecule has 0 aromatic heterocycles. The number of rotatable bonds is 1. The summed E-state index contributed by atoms with van der Waals surface area (Å²) in [5.74, 6) is 0.420. The predicted octanol–water partition coefficient (Wildman–Crippen LogP) is 0.865. The van der Waals surface area contributed by atoms with E-state index in [-0.39, 0.29) is 57.4 Å². The van der Waals surface area contributed by atoms with Crippen LogP contribution >= 0.6 is 0 Å². The Morgan fingerprint density at radius 2 is 1.90 bits per heavy atom. The fraction of sp³-hybridized carbons (Fsp3) is 0.769. The van der Waals surface area contributed by atoms with Crippen LogP contribution in [-0.4, -0.2) is 35.7 Å². The van der Waals surface area contributed by atoms with E-state index in [9.17, 15) is 17.7 Å². The molecule has 2 fully saturated rings. The van der Waals surface area contributed by atoms with Crippen LogP contribution in [0.25, 0.3) is 0 Å². The van der Waals surface area contributed by atoms with Gasteiger partial charge in [-0.3, -0.25) is 4.90 Å². The first-order chi connectivity index (χ1) is 9.07. The number of halogens is 3. The Morgan fingerprint density at radius 3 is 2.43 bits per heavy atom. The van der Waals surface area contributed by atoms with Crippen molar-refractivity contribution in [1.29, 1.82) is 0 Å². The molecule has 2 saturated heterocycles. The van der Waals surface area contributed by atoms with Gasteiger partial charge in [0, 0.05) is 6.04 Å². The van der Waals surface area contributed by atoms with Gasteiger partial charge in [0.25, 0.3) is 0 Å². The van der Waals surface area contributed by atoms with E-state index < -0.39 is 24.7 Å². The van der Waals surface area contributed by atoms with Crippen LogP contribution < -0.4 is 51.4 Å². The van der Waals surface area contributed by atoms with Crippen LogP contribution in [0, 0.1) is 0 Å². The van der Waals surface area contributed by atoms with Crippen molar-refractivity contribution >= 4 is 13.1 Å². The summed E-state index contributed by atoms with van der Waals surface area (Å²) < 4.78 is 43.2. The van der Waals surface area contributed by atoms with Crippen molar-refractivity contribution in [2.45, 2.75) is 64.1 Å². The van der Waals surface area contributed by atoms with Crippen LogP contribution in [0.15, 0.2) is 11.5 Å². The molecule has 21 heavy (non-hydrogen) atoms. The number of hydrogen-bond acceptors (Lipinski definition) is 2. The van der Waals surface area contributed by atoms with Crippen molar-refractivity contribution in [2.24, 2.45) is 0 Å². The van der Waals surface area contributed by atoms with Gasteiger partial charge in [-0.1, -0.05) is 5.57 Å². The summed E-state index contributed by atoms with van der Waals surface area (Å²) in [5, 5.41) is 0. The second-order valence-corrected chi connectivity index (χ2v) is 6.54. The Balaban J connectivity index is 0.00000220. The van der Waals surface area contributed by atoms with Crippen LogP contribution in [0.1, 0.15) is 46.5 Å². The summed E-state index contributed by atoms with van der Waals surface area (Å²) >= 11 is 0. The molecule has 114 valence electrons. The molecule has 0 aromatic carbocycles. The number of hydrogen-bond donors (Lipinski definition) is 0. The molecular formula is C13H20BF3KNO2. The molecule has 0 saturated carbocycles. The van der Waals surface area contributed by atoms with Gasteiger partial charge in [0.2, 0.25) is 0 Å². The molecule has 2 aliphatic rings. The first kappa shape index (κ1) is 19.5. The van der Waals surface area contributed by atoms with Gasteiger partial charge in [-0.25, -0.2) is 4.79 Å². The van der Waals surface area contributed by atoms with Crippen molar-refractivity contribution in [3.05, 3.63) is 11.5 Å². The van der Waals surface area contributed by atoms with E-state index in [1.807, 2.05) is 0 Å². The monoisotopic (exact) mass is 329 g/mol. The molecule has 2 unspecified atom stereocenters. The van der Waals surface area contributed by atoms with Crippen molar-refractivity contribution in [3.63, 3.8) is 0 Å². The van der Waals surface area contributed by atoms with E-state index in [2.05, 4.69) is 0 Å². The molecule has 1 amide bonds. The van der Waals surface area contributed by atoms with Gasteiger partial charge < -0.3 is 17.7 Å². The Bertz CT molecular complexity index is 434. The van der Waals surface area contributed by atoms with Gasteiger partial charge in [-0.05, 0) is 46.5 Å². The van der Waals surface area contributed by atoms with E-state index >= 15 is 0 Å². The molecule has 2 aliphatic heterocycles. The molecule has 0 aromatic rings. The Morgan fingerprint density at radius 1 is 1.29 bits per heavy atom. The summed E-state index contributed by atoms with van der Waals surface area (Å²) in [6.07, 6.45) is 1.88. The smallest absolute Gasteiger partial charge is 0.445 e. The summed E-state index contributed by atoms with van der Waals surface area (Å²) in [6.45, 7) is 0.307. The molecule has 2 atom stereocenters. The zero-order valence-corrected chi connectivity index (χ0v) is 16.2. The quantitative estimate of drug-likeness (QED) is 0.668. The van der Waals surface area contributed by atoms with Crippen LogP contribution in [0.3, 0.4) is 0 Å². The van der Waals surface area contributed by atoms with Gasteiger partial charge in [0.15, 0.2) is 0 Å². The number of nitrogens with zero attached hydrogens (tertiary/aromatic N) is 1. The number of carbonyl (C=O) groups excluding carboxylic acids is 1. The van der Waals surface area contributed by atoms with Gasteiger partial charge in [-0.15, -0.1) is 5.98 Å². The number of piperidine rings is 1. The van der Waals surface area contributed by atoms with Crippen LogP contribution in [-0.2, 0) is 4.74 Å². The molecule has 0 spiro atoms. The first-order valence-corrected chi connectivity index (χ1v) is 7.00. The summed E-state index contributed by atoms with van der Waals surface area (Å²) in [5.41, 5.74) is -0.302. The Hall–Kier alpha value is 0.501. The zero-order valence-electron chi connectivity index (χ0n) is 13.0. The van der Waals surface area contributed by atoms with Crippen molar-refractivity contribution in [2.75, 3.05) is 0 Å². The summed E-state index contributed by atoms with van der Waals surface area (Å²) in [7, 11) is 0. The third kappa shape index (κ3) is 5.27. The molecule has 0 aliphatic carbocycles. The molecule has 2 heterocycles. The minimum absolute atomic E-state index is 0. The van der Waals surface area contributed by atoms with Gasteiger partial charge in [0.1, 0.15) is 5.60 Å². The Kier molecular flexibility index (Phi) is 6.47. The maximum absolute atomic E-state index is 12.6. The molecule has 2 rings (SSSR count). The van der Waals surface area contributed by atoms with E-state index in [1.54, 1.807) is 20.8 Å². The molecule has 3 nitrogen and oxygen atoms in total. The third-order valence-corrected chi connectivity index (χ3v) is 3.70. The molecule has 8 heteroatoms. The van der Waals surface area contributed by atoms with Crippen LogP contribution in [0.4, 0.5) is 17.7 Å². The van der Waals surface area contributed by atoms with E-state index in [0.717, 1.165) is 6.42 Å². The standard InChI is InChI=1S/C13H20BF3NO2.K/c1-13(2,3)20-12(19)18-10-5-4-9(8-14(15,16)17)11(18)7-6-10;/h8,10-11H,4-7H2,1-3H3;/q-1;+1/b9-8-;. The van der Waals surface area contributed by atoms with Crippen molar-refractivity contribution in [1.82, 2.24) is 4.90 Å². The average molecular weight is 329 g/mol. The van der Waals surface area contributed by atoms with Crippen molar-refractivity contribution < 1.29 is 73.9 Å². The first-order valence-electron chi connectivity index (χ1n) is 7.00. The second-order valence-electron chi connectivity index (χ2n) is 6.54. The molecular weight excluding hydrogens is 309 g/mol. The molecule has 0 N–H and O–H groups in total. The summed E-state index contributed by atoms with van der Waals surface area (Å²) in [6, 6.07) is -0.417. The largest absolute Gasteiger partial charge is 1.00 e. The van der Waals surface area contributed by atoms with Gasteiger partial charge >= 0.3 is 64.5 Å². The maximum Gasteiger partial charge on any atom is 1.00 e. The fourth-order valence-electron chi connectivity index (χ4n) is 3.06. The molecule has 2 bridgehead atoms. The van der Waals surface area contributed by atoms with Gasteiger partial charge in [0.05, 0.1) is 6.04 Å². The Labute approximate surface area is 166 Å². The molecule has 0 radical (unpaired) electrons. The average Bonchev–Trinajstić information content (AvgIpc) is 2.55. The topological polar surface area (TPSA) is 29.5 Å². The third-order valence-electron chi connectivity index (χ3n) is 3.70. The zero-order chi connectivity index (χ0) is 15.1. The normalized spacial score (nSPS) is 27.5. The maximum atomic E-state index is 12.6. The number of carbonyl (C=O) groups is 1. The van der Waals surface area contributed by atoms with Gasteiger partial charge in [-0.2, -0.15) is 0 Å². The van der Waals surface area contributed by atoms with E-state index in [4.69, 9.17) is 4.74 Å². The van der Waals surface area contributed by atoms with E-state index in [0.29, 0.717) is 30.8 Å². The summed E-state index contributed by atoms with van der Waals surface area (Å²) in [4.78, 5) is 13.7. The second kappa shape index (κ2) is 6.95. The number of fused-ring (bicyclic) bond motifs is 2.